The highest BCUT2D eigenvalue weighted by molar-refractivity contribution is 6.31. The molecular formula is C22H21ClN2O2. The fourth-order valence-electron chi connectivity index (χ4n) is 2.52. The second-order valence-corrected chi connectivity index (χ2v) is 6.39. The maximum atomic E-state index is 6.15. The number of nitrogens with one attached hydrogen (secondary N) is 1. The van der Waals surface area contributed by atoms with Gasteiger partial charge in [-0.3, -0.25) is 5.43 Å². The van der Waals surface area contributed by atoms with E-state index in [1.54, 1.807) is 13.3 Å². The Hall–Kier alpha value is -2.98. The van der Waals surface area contributed by atoms with Crippen LogP contribution in [0, 0.1) is 6.92 Å². The van der Waals surface area contributed by atoms with Gasteiger partial charge in [-0.15, -0.1) is 0 Å². The lowest BCUT2D eigenvalue weighted by atomic mass is 10.2. The fraction of sp³-hybridized carbons (Fsp3) is 0.136. The molecule has 0 radical (unpaired) electrons. The average Bonchev–Trinajstić information content (AvgIpc) is 2.70. The summed E-state index contributed by atoms with van der Waals surface area (Å²) in [5.74, 6) is 1.31. The van der Waals surface area contributed by atoms with Crippen molar-refractivity contribution in [1.29, 1.82) is 0 Å². The molecule has 0 aromatic heterocycles. The first-order valence-corrected chi connectivity index (χ1v) is 8.94. The Morgan fingerprint density at radius 1 is 1.04 bits per heavy atom. The molecule has 0 atom stereocenters. The lowest BCUT2D eigenvalue weighted by Crippen LogP contribution is -2.01. The third-order valence-electron chi connectivity index (χ3n) is 4.02. The minimum Gasteiger partial charge on any atom is -0.493 e. The van der Waals surface area contributed by atoms with Gasteiger partial charge in [0.1, 0.15) is 6.61 Å². The van der Waals surface area contributed by atoms with E-state index in [9.17, 15) is 0 Å². The van der Waals surface area contributed by atoms with Crippen molar-refractivity contribution in [2.45, 2.75) is 13.5 Å². The first kappa shape index (κ1) is 18.8. The first-order chi connectivity index (χ1) is 13.2. The van der Waals surface area contributed by atoms with Crippen LogP contribution in [0.15, 0.2) is 71.8 Å². The fourth-order valence-corrected chi connectivity index (χ4v) is 2.70. The van der Waals surface area contributed by atoms with Gasteiger partial charge in [-0.25, -0.2) is 0 Å². The van der Waals surface area contributed by atoms with Gasteiger partial charge in [0.05, 0.1) is 19.0 Å². The lowest BCUT2D eigenvalue weighted by Gasteiger charge is -2.13. The van der Waals surface area contributed by atoms with Gasteiger partial charge in [0.15, 0.2) is 11.5 Å². The van der Waals surface area contributed by atoms with Crippen molar-refractivity contribution in [2.75, 3.05) is 12.5 Å². The van der Waals surface area contributed by atoms with E-state index < -0.39 is 0 Å². The molecule has 0 aliphatic carbocycles. The summed E-state index contributed by atoms with van der Waals surface area (Å²) >= 11 is 6.15. The number of benzene rings is 3. The molecule has 1 N–H and O–H groups in total. The number of halogens is 1. The summed E-state index contributed by atoms with van der Waals surface area (Å²) in [5, 5.41) is 5.00. The Bertz CT molecular complexity index is 927. The van der Waals surface area contributed by atoms with Gasteiger partial charge in [0.2, 0.25) is 0 Å². The molecule has 3 aromatic carbocycles. The molecule has 0 amide bonds. The zero-order valence-corrected chi connectivity index (χ0v) is 16.0. The highest BCUT2D eigenvalue weighted by Gasteiger charge is 2.09. The average molecular weight is 381 g/mol. The number of para-hydroxylation sites is 1. The Kier molecular flexibility index (Phi) is 6.34. The van der Waals surface area contributed by atoms with Crippen LogP contribution in [0.4, 0.5) is 5.69 Å². The zero-order chi connectivity index (χ0) is 19.1. The number of methoxy groups -OCH3 is 1. The minimum absolute atomic E-state index is 0.447. The van der Waals surface area contributed by atoms with E-state index in [1.165, 1.54) is 0 Å². The van der Waals surface area contributed by atoms with Crippen LogP contribution in [0.5, 0.6) is 11.5 Å². The monoisotopic (exact) mass is 380 g/mol. The molecule has 0 heterocycles. The molecule has 0 unspecified atom stereocenters. The third-order valence-corrected chi connectivity index (χ3v) is 4.43. The standard InChI is InChI=1S/C22H21ClN2O2/c1-16-11-12-19(13-20(16)23)25-24-14-18-9-6-10-21(26-2)22(18)27-15-17-7-4-3-5-8-17/h3-14,25H,15H2,1-2H3/b24-14+. The molecule has 0 bridgehead atoms. The van der Waals surface area contributed by atoms with Gasteiger partial charge in [0.25, 0.3) is 0 Å². The van der Waals surface area contributed by atoms with Crippen molar-refractivity contribution in [1.82, 2.24) is 0 Å². The quantitative estimate of drug-likeness (QED) is 0.423. The van der Waals surface area contributed by atoms with Crippen LogP contribution in [0.1, 0.15) is 16.7 Å². The molecule has 4 nitrogen and oxygen atoms in total. The predicted octanol–water partition coefficient (Wildman–Crippen LogP) is 5.68. The van der Waals surface area contributed by atoms with E-state index >= 15 is 0 Å². The summed E-state index contributed by atoms with van der Waals surface area (Å²) in [6, 6.07) is 21.4. The van der Waals surface area contributed by atoms with Crippen LogP contribution in [-0.2, 0) is 6.61 Å². The molecule has 3 rings (SSSR count). The molecule has 0 saturated carbocycles. The van der Waals surface area contributed by atoms with Crippen LogP contribution in [0.3, 0.4) is 0 Å². The van der Waals surface area contributed by atoms with Crippen LogP contribution in [0.25, 0.3) is 0 Å². The Labute approximate surface area is 164 Å². The van der Waals surface area contributed by atoms with Crippen molar-refractivity contribution in [2.24, 2.45) is 5.10 Å². The number of anilines is 1. The molecule has 5 heteroatoms. The summed E-state index contributed by atoms with van der Waals surface area (Å²) in [6.45, 7) is 2.41. The second kappa shape index (κ2) is 9.10. The zero-order valence-electron chi connectivity index (χ0n) is 15.3. The van der Waals surface area contributed by atoms with E-state index in [4.69, 9.17) is 21.1 Å². The molecule has 0 aliphatic rings. The summed E-state index contributed by atoms with van der Waals surface area (Å²) in [6.07, 6.45) is 1.70. The van der Waals surface area contributed by atoms with E-state index in [2.05, 4.69) is 10.5 Å². The molecule has 138 valence electrons. The number of rotatable bonds is 7. The SMILES string of the molecule is COc1cccc(/C=N/Nc2ccc(C)c(Cl)c2)c1OCc1ccccc1. The predicted molar refractivity (Wildman–Crippen MR) is 111 cm³/mol. The van der Waals surface area contributed by atoms with Crippen molar-refractivity contribution in [3.05, 3.63) is 88.4 Å². The molecule has 0 spiro atoms. The molecule has 3 aromatic rings. The summed E-state index contributed by atoms with van der Waals surface area (Å²) in [5.41, 5.74) is 6.73. The van der Waals surface area contributed by atoms with Crippen molar-refractivity contribution in [3.63, 3.8) is 0 Å². The molecule has 0 fully saturated rings. The van der Waals surface area contributed by atoms with Crippen LogP contribution >= 0.6 is 11.6 Å². The number of hydrogen-bond donors (Lipinski definition) is 1. The van der Waals surface area contributed by atoms with Crippen LogP contribution in [0.2, 0.25) is 5.02 Å². The second-order valence-electron chi connectivity index (χ2n) is 5.99. The highest BCUT2D eigenvalue weighted by Crippen LogP contribution is 2.31. The van der Waals surface area contributed by atoms with Crippen LogP contribution in [-0.4, -0.2) is 13.3 Å². The molecule has 0 saturated heterocycles. The summed E-state index contributed by atoms with van der Waals surface area (Å²) in [7, 11) is 1.62. The normalized spacial score (nSPS) is 10.8. The maximum absolute atomic E-state index is 6.15. The number of hydrogen-bond acceptors (Lipinski definition) is 4. The van der Waals surface area contributed by atoms with Crippen LogP contribution < -0.4 is 14.9 Å². The number of aryl methyl sites for hydroxylation is 1. The Morgan fingerprint density at radius 3 is 2.59 bits per heavy atom. The van der Waals surface area contributed by atoms with Crippen molar-refractivity contribution < 1.29 is 9.47 Å². The van der Waals surface area contributed by atoms with Gasteiger partial charge in [-0.05, 0) is 42.3 Å². The van der Waals surface area contributed by atoms with Gasteiger partial charge in [-0.1, -0.05) is 54.1 Å². The van der Waals surface area contributed by atoms with E-state index in [0.29, 0.717) is 23.1 Å². The largest absolute Gasteiger partial charge is 0.493 e. The first-order valence-electron chi connectivity index (χ1n) is 8.56. The summed E-state index contributed by atoms with van der Waals surface area (Å²) < 4.78 is 11.5. The van der Waals surface area contributed by atoms with E-state index in [1.807, 2.05) is 73.7 Å². The highest BCUT2D eigenvalue weighted by atomic mass is 35.5. The molecule has 27 heavy (non-hydrogen) atoms. The summed E-state index contributed by atoms with van der Waals surface area (Å²) in [4.78, 5) is 0. The Balaban J connectivity index is 1.76. The number of ether oxygens (including phenoxy) is 2. The minimum atomic E-state index is 0.447. The third kappa shape index (κ3) is 5.02. The van der Waals surface area contributed by atoms with Gasteiger partial charge in [-0.2, -0.15) is 5.10 Å². The maximum Gasteiger partial charge on any atom is 0.170 e. The number of nitrogens with zero attached hydrogens (tertiary/aromatic N) is 1. The van der Waals surface area contributed by atoms with Crippen molar-refractivity contribution >= 4 is 23.5 Å². The van der Waals surface area contributed by atoms with Gasteiger partial charge in [0, 0.05) is 10.6 Å². The van der Waals surface area contributed by atoms with Crippen molar-refractivity contribution in [3.8, 4) is 11.5 Å². The van der Waals surface area contributed by atoms with E-state index in [-0.39, 0.29) is 0 Å². The number of hydrazone groups is 1. The molecule has 0 aliphatic heterocycles. The topological polar surface area (TPSA) is 42.8 Å². The Morgan fingerprint density at radius 2 is 1.85 bits per heavy atom. The lowest BCUT2D eigenvalue weighted by molar-refractivity contribution is 0.284. The molecular weight excluding hydrogens is 360 g/mol. The van der Waals surface area contributed by atoms with Gasteiger partial charge < -0.3 is 9.47 Å². The van der Waals surface area contributed by atoms with Gasteiger partial charge >= 0.3 is 0 Å². The van der Waals surface area contributed by atoms with E-state index in [0.717, 1.165) is 22.4 Å². The smallest absolute Gasteiger partial charge is 0.170 e.